The van der Waals surface area contributed by atoms with Crippen molar-refractivity contribution in [1.82, 2.24) is 30.7 Å². The first-order valence-corrected chi connectivity index (χ1v) is 24.7. The minimum absolute atomic E-state index is 0.181. The number of nitrogens with zero attached hydrogens (tertiary/aromatic N) is 5. The smallest absolute Gasteiger partial charge is 0.255 e. The number of ether oxygens (including phenoxy) is 1. The van der Waals surface area contributed by atoms with Crippen LogP contribution in [0.3, 0.4) is 0 Å². The molecular formula is C54H74N10O4. The third kappa shape index (κ3) is 13.7. The van der Waals surface area contributed by atoms with Crippen molar-refractivity contribution in [2.24, 2.45) is 10.9 Å². The van der Waals surface area contributed by atoms with Gasteiger partial charge in [0, 0.05) is 82.3 Å². The van der Waals surface area contributed by atoms with Crippen molar-refractivity contribution in [1.29, 1.82) is 5.41 Å². The maximum absolute atomic E-state index is 13.2. The number of fused-ring (bicyclic) bond motifs is 2. The molecule has 14 heteroatoms. The van der Waals surface area contributed by atoms with Crippen LogP contribution in [0.15, 0.2) is 88.5 Å². The molecule has 5 N–H and O–H groups in total. The van der Waals surface area contributed by atoms with Crippen LogP contribution in [0, 0.1) is 23.2 Å². The number of benzene rings is 2. The van der Waals surface area contributed by atoms with Crippen LogP contribution in [0.1, 0.15) is 112 Å². The van der Waals surface area contributed by atoms with Crippen LogP contribution in [0.2, 0.25) is 0 Å². The molecule has 2 unspecified atom stereocenters. The SMILES string of the molecule is C=NC(=C)C1=CC(/C(C=N)=C(/NC)OCCC[C@@H](C)CCN2CNc3ccc(CN4CCN(CCCCCCC#Cc5cccc6c5CN(C(CCC)C(=O)NC=O)C6=O)CC4)cc32)NC(C)=C1. The van der Waals surface area contributed by atoms with Crippen LogP contribution in [0.5, 0.6) is 0 Å². The van der Waals surface area contributed by atoms with Gasteiger partial charge in [0.2, 0.25) is 12.3 Å². The van der Waals surface area contributed by atoms with Gasteiger partial charge in [-0.05, 0) is 118 Å². The lowest BCUT2D eigenvalue weighted by Crippen LogP contribution is -2.46. The Morgan fingerprint density at radius 1 is 1.06 bits per heavy atom. The molecule has 1 saturated heterocycles. The number of dihydropyridines is 1. The summed E-state index contributed by atoms with van der Waals surface area (Å²) in [5.41, 5.74) is 9.37. The zero-order valence-electron chi connectivity index (χ0n) is 40.9. The number of anilines is 2. The van der Waals surface area contributed by atoms with E-state index in [4.69, 9.17) is 10.1 Å². The Morgan fingerprint density at radius 3 is 2.60 bits per heavy atom. The van der Waals surface area contributed by atoms with Crippen LogP contribution < -0.4 is 26.2 Å². The average molecular weight is 927 g/mol. The number of allylic oxidation sites excluding steroid dienone is 2. The highest BCUT2D eigenvalue weighted by Gasteiger charge is 2.37. The molecule has 0 bridgehead atoms. The van der Waals surface area contributed by atoms with Crippen LogP contribution in [0.4, 0.5) is 11.4 Å². The quantitative estimate of drug-likeness (QED) is 0.0213. The number of nitrogens with one attached hydrogen (secondary N) is 5. The van der Waals surface area contributed by atoms with Gasteiger partial charge in [0.15, 0.2) is 5.88 Å². The van der Waals surface area contributed by atoms with Crippen LogP contribution in [-0.2, 0) is 27.4 Å². The minimum atomic E-state index is -0.680. The van der Waals surface area contributed by atoms with E-state index >= 15 is 0 Å². The van der Waals surface area contributed by atoms with Crippen molar-refractivity contribution in [3.8, 4) is 11.8 Å². The van der Waals surface area contributed by atoms with Gasteiger partial charge in [-0.1, -0.05) is 63.7 Å². The van der Waals surface area contributed by atoms with Gasteiger partial charge in [-0.3, -0.25) is 29.6 Å². The Balaban J connectivity index is 0.854. The summed E-state index contributed by atoms with van der Waals surface area (Å²) in [5, 5.41) is 20.6. The van der Waals surface area contributed by atoms with Crippen LogP contribution in [0.25, 0.3) is 0 Å². The number of unbranched alkanes of at least 4 members (excludes halogenated alkanes) is 4. The molecule has 14 nitrogen and oxygen atoms in total. The van der Waals surface area contributed by atoms with Gasteiger partial charge in [0.05, 0.1) is 42.0 Å². The van der Waals surface area contributed by atoms with Gasteiger partial charge < -0.3 is 40.8 Å². The highest BCUT2D eigenvalue weighted by atomic mass is 16.5. The molecule has 4 aliphatic rings. The van der Waals surface area contributed by atoms with Gasteiger partial charge in [0.25, 0.3) is 5.91 Å². The van der Waals surface area contributed by atoms with Crippen molar-refractivity contribution in [3.63, 3.8) is 0 Å². The topological polar surface area (TPSA) is 158 Å². The molecule has 0 saturated carbocycles. The van der Waals surface area contributed by atoms with E-state index in [1.54, 1.807) is 11.0 Å². The first-order chi connectivity index (χ1) is 33.1. The molecule has 0 aromatic heterocycles. The summed E-state index contributed by atoms with van der Waals surface area (Å²) in [5.74, 6) is 7.16. The second-order valence-corrected chi connectivity index (χ2v) is 18.5. The second kappa shape index (κ2) is 25.8. The molecule has 2 aromatic rings. The molecule has 3 amide bonds. The molecule has 0 aliphatic carbocycles. The summed E-state index contributed by atoms with van der Waals surface area (Å²) >= 11 is 0. The number of imide groups is 1. The minimum Gasteiger partial charge on any atom is -0.479 e. The summed E-state index contributed by atoms with van der Waals surface area (Å²) in [4.78, 5) is 50.0. The Morgan fingerprint density at radius 2 is 1.85 bits per heavy atom. The molecule has 364 valence electrons. The fraction of sp³-hybridized carbons (Fsp3) is 0.500. The summed E-state index contributed by atoms with van der Waals surface area (Å²) in [6.07, 6.45) is 15.4. The van der Waals surface area contributed by atoms with Gasteiger partial charge >= 0.3 is 0 Å². The molecule has 1 fully saturated rings. The van der Waals surface area contributed by atoms with Crippen molar-refractivity contribution in [3.05, 3.63) is 106 Å². The molecule has 4 aliphatic heterocycles. The Hall–Kier alpha value is -6.17. The number of rotatable bonds is 26. The zero-order valence-corrected chi connectivity index (χ0v) is 40.9. The van der Waals surface area contributed by atoms with E-state index in [-0.39, 0.29) is 11.9 Å². The van der Waals surface area contributed by atoms with Crippen molar-refractivity contribution < 1.29 is 19.1 Å². The fourth-order valence-electron chi connectivity index (χ4n) is 9.57. The van der Waals surface area contributed by atoms with Crippen LogP contribution >= 0.6 is 0 Å². The van der Waals surface area contributed by atoms with E-state index in [9.17, 15) is 14.4 Å². The normalized spacial score (nSPS) is 18.0. The van der Waals surface area contributed by atoms with Gasteiger partial charge in [-0.2, -0.15) is 0 Å². The van der Waals surface area contributed by atoms with E-state index in [0.717, 1.165) is 125 Å². The lowest BCUT2D eigenvalue weighted by Gasteiger charge is -2.34. The summed E-state index contributed by atoms with van der Waals surface area (Å²) < 4.78 is 6.21. The van der Waals surface area contributed by atoms with E-state index in [1.165, 1.54) is 36.0 Å². The highest BCUT2D eigenvalue weighted by Crippen LogP contribution is 2.34. The van der Waals surface area contributed by atoms with Crippen molar-refractivity contribution in [2.75, 3.05) is 69.8 Å². The van der Waals surface area contributed by atoms with Gasteiger partial charge in [0.1, 0.15) is 6.04 Å². The highest BCUT2D eigenvalue weighted by molar-refractivity contribution is 6.02. The van der Waals surface area contributed by atoms with E-state index in [2.05, 4.69) is 91.2 Å². The summed E-state index contributed by atoms with van der Waals surface area (Å²) in [7, 11) is 1.83. The van der Waals surface area contributed by atoms with Crippen molar-refractivity contribution >= 4 is 42.5 Å². The third-order valence-electron chi connectivity index (χ3n) is 13.5. The van der Waals surface area contributed by atoms with E-state index < -0.39 is 11.9 Å². The van der Waals surface area contributed by atoms with Crippen LogP contribution in [-0.4, -0.2) is 118 Å². The average Bonchev–Trinajstić information content (AvgIpc) is 3.91. The van der Waals surface area contributed by atoms with Gasteiger partial charge in [-0.15, -0.1) is 0 Å². The monoisotopic (exact) mass is 927 g/mol. The molecule has 0 radical (unpaired) electrons. The Kier molecular flexibility index (Phi) is 19.5. The largest absolute Gasteiger partial charge is 0.479 e. The number of carbonyl (C=O) groups is 3. The third-order valence-corrected chi connectivity index (χ3v) is 13.5. The summed E-state index contributed by atoms with van der Waals surface area (Å²) in [6, 6.07) is 11.6. The molecule has 68 heavy (non-hydrogen) atoms. The second-order valence-electron chi connectivity index (χ2n) is 18.5. The molecule has 4 heterocycles. The summed E-state index contributed by atoms with van der Waals surface area (Å²) in [6.45, 7) is 23.1. The molecular weight excluding hydrogens is 853 g/mol. The van der Waals surface area contributed by atoms with Gasteiger partial charge in [-0.25, -0.2) is 0 Å². The Labute approximate surface area is 404 Å². The van der Waals surface area contributed by atoms with E-state index in [0.29, 0.717) is 49.0 Å². The maximum Gasteiger partial charge on any atom is 0.255 e. The lowest BCUT2D eigenvalue weighted by molar-refractivity contribution is -0.129. The number of hydrogen-bond donors (Lipinski definition) is 5. The number of amides is 3. The van der Waals surface area contributed by atoms with E-state index in [1.807, 2.05) is 45.2 Å². The predicted molar refractivity (Wildman–Crippen MR) is 274 cm³/mol. The number of carbonyl (C=O) groups excluding carboxylic acids is 3. The predicted octanol–water partition coefficient (Wildman–Crippen LogP) is 7.31. The first-order valence-electron chi connectivity index (χ1n) is 24.7. The molecule has 6 rings (SSSR count). The number of hydrogen-bond acceptors (Lipinski definition) is 12. The standard InChI is InChI=1S/C54H74N10O4/c1-7-16-50(52(66)59-38-65)64-36-47-43(19-14-20-45(47)54(64)67)18-12-10-8-9-11-13-24-61-26-28-62(29-27-61)35-42-21-22-48-51(32-42)63(37-58-48)25-23-39(2)17-15-30-68-53(57-6)46(34-55)49-33-44(41(4)56-5)31-40(3)60-49/h14,19-22,31-34,38-39,49-50,55,57-58,60H,4-5,7-11,13,15-17,23-30,35-37H2,1-3,6H3,(H,59,65,66)/b53-46-,55-34?/t39-,49?,50?/m1/s1. The molecule has 2 aromatic carbocycles. The Bertz CT molecular complexity index is 2280. The molecule has 3 atom stereocenters. The van der Waals surface area contributed by atoms with Crippen molar-refractivity contribution in [2.45, 2.75) is 110 Å². The number of piperazine rings is 1. The molecule has 0 spiro atoms. The lowest BCUT2D eigenvalue weighted by atomic mass is 9.99. The zero-order chi connectivity index (χ0) is 48.4. The maximum atomic E-state index is 13.2. The first kappa shape index (κ1) is 51.2. The fourth-order valence-corrected chi connectivity index (χ4v) is 9.57. The number of aliphatic imine (C=N–C) groups is 1.